The van der Waals surface area contributed by atoms with Crippen molar-refractivity contribution in [3.05, 3.63) is 54.0 Å². The van der Waals surface area contributed by atoms with Crippen LogP contribution in [0.25, 0.3) is 0 Å². The van der Waals surface area contributed by atoms with Crippen LogP contribution in [0.4, 0.5) is 0 Å². The molecule has 0 bridgehead atoms. The van der Waals surface area contributed by atoms with E-state index >= 15 is 0 Å². The van der Waals surface area contributed by atoms with Crippen molar-refractivity contribution in [3.63, 3.8) is 0 Å². The van der Waals surface area contributed by atoms with Crippen molar-refractivity contribution >= 4 is 23.5 Å². The Morgan fingerprint density at radius 1 is 1.36 bits per heavy atom. The fourth-order valence-electron chi connectivity index (χ4n) is 1.62. The van der Waals surface area contributed by atoms with Crippen molar-refractivity contribution in [2.24, 2.45) is 5.10 Å². The van der Waals surface area contributed by atoms with E-state index in [1.807, 2.05) is 36.4 Å². The summed E-state index contributed by atoms with van der Waals surface area (Å²) in [6.45, 7) is 0.706. The molecule has 0 atom stereocenters. The molecular weight excluding hydrogens is 298 g/mol. The maximum Gasteiger partial charge on any atom is 0.187 e. The van der Waals surface area contributed by atoms with Gasteiger partial charge < -0.3 is 14.5 Å². The molecular formula is C16H15N3O2S. The van der Waals surface area contributed by atoms with E-state index in [0.717, 1.165) is 11.3 Å². The second-order valence-corrected chi connectivity index (χ2v) is 4.57. The molecule has 0 aliphatic rings. The molecule has 2 rings (SSSR count). The second kappa shape index (κ2) is 8.49. The quantitative estimate of drug-likeness (QED) is 0.371. The van der Waals surface area contributed by atoms with Gasteiger partial charge in [0.15, 0.2) is 5.11 Å². The third-order valence-corrected chi connectivity index (χ3v) is 2.84. The number of para-hydroxylation sites is 1. The van der Waals surface area contributed by atoms with E-state index in [0.29, 0.717) is 17.4 Å². The van der Waals surface area contributed by atoms with Gasteiger partial charge in [-0.3, -0.25) is 5.43 Å². The minimum absolute atomic E-state index is 0.210. The fourth-order valence-corrected chi connectivity index (χ4v) is 1.74. The molecule has 1 heterocycles. The molecule has 2 aromatic rings. The van der Waals surface area contributed by atoms with Crippen LogP contribution in [0.5, 0.6) is 5.75 Å². The number of benzene rings is 1. The topological polar surface area (TPSA) is 58.8 Å². The predicted molar refractivity (Wildman–Crippen MR) is 89.6 cm³/mol. The SMILES string of the molecule is C#CCOc1ccccc1/C=N\NC(=S)NCc1ccco1. The molecule has 0 unspecified atom stereocenters. The first-order valence-corrected chi connectivity index (χ1v) is 6.95. The molecule has 22 heavy (non-hydrogen) atoms. The fraction of sp³-hybridized carbons (Fsp3) is 0.125. The Kier molecular flexibility index (Phi) is 6.03. The zero-order valence-corrected chi connectivity index (χ0v) is 12.6. The Morgan fingerprint density at radius 2 is 2.23 bits per heavy atom. The first-order chi connectivity index (χ1) is 10.8. The van der Waals surface area contributed by atoms with Crippen LogP contribution in [0.2, 0.25) is 0 Å². The van der Waals surface area contributed by atoms with Gasteiger partial charge in [-0.15, -0.1) is 6.42 Å². The Balaban J connectivity index is 1.84. The van der Waals surface area contributed by atoms with Gasteiger partial charge in [0.05, 0.1) is 19.0 Å². The number of ether oxygens (including phenoxy) is 1. The molecule has 0 aliphatic carbocycles. The molecule has 2 N–H and O–H groups in total. The van der Waals surface area contributed by atoms with Crippen LogP contribution < -0.4 is 15.5 Å². The summed E-state index contributed by atoms with van der Waals surface area (Å²) in [7, 11) is 0. The maximum atomic E-state index is 5.42. The largest absolute Gasteiger partial charge is 0.480 e. The summed E-state index contributed by atoms with van der Waals surface area (Å²) in [4.78, 5) is 0. The minimum Gasteiger partial charge on any atom is -0.480 e. The van der Waals surface area contributed by atoms with Gasteiger partial charge in [-0.2, -0.15) is 5.10 Å². The number of thiocarbonyl (C=S) groups is 1. The normalized spacial score (nSPS) is 10.1. The van der Waals surface area contributed by atoms with Crippen LogP contribution in [0.3, 0.4) is 0 Å². The Morgan fingerprint density at radius 3 is 3.00 bits per heavy atom. The summed E-state index contributed by atoms with van der Waals surface area (Å²) < 4.78 is 10.6. The van der Waals surface area contributed by atoms with Crippen LogP contribution in [-0.2, 0) is 6.54 Å². The summed E-state index contributed by atoms with van der Waals surface area (Å²) in [5, 5.41) is 7.44. The minimum atomic E-state index is 0.210. The van der Waals surface area contributed by atoms with Crippen LogP contribution in [0.15, 0.2) is 52.2 Å². The highest BCUT2D eigenvalue weighted by Gasteiger charge is 2.00. The molecule has 6 heteroatoms. The lowest BCUT2D eigenvalue weighted by molar-refractivity contribution is 0.370. The number of hydrogen-bond donors (Lipinski definition) is 2. The molecule has 0 saturated heterocycles. The zero-order valence-electron chi connectivity index (χ0n) is 11.8. The van der Waals surface area contributed by atoms with Gasteiger partial charge in [0.25, 0.3) is 0 Å². The lowest BCUT2D eigenvalue weighted by Crippen LogP contribution is -2.31. The number of nitrogens with one attached hydrogen (secondary N) is 2. The number of nitrogens with zero attached hydrogens (tertiary/aromatic N) is 1. The molecule has 0 aliphatic heterocycles. The number of furan rings is 1. The molecule has 112 valence electrons. The lowest BCUT2D eigenvalue weighted by atomic mass is 10.2. The summed E-state index contributed by atoms with van der Waals surface area (Å²) in [6, 6.07) is 11.1. The average molecular weight is 313 g/mol. The molecule has 1 aromatic heterocycles. The van der Waals surface area contributed by atoms with Gasteiger partial charge in [0.2, 0.25) is 0 Å². The standard InChI is InChI=1S/C16H15N3O2S/c1-2-9-21-15-8-4-3-6-13(15)11-18-19-16(22)17-12-14-7-5-10-20-14/h1,3-8,10-11H,9,12H2,(H2,17,19,22)/b18-11-. The maximum absolute atomic E-state index is 5.42. The first kappa shape index (κ1) is 15.6. The van der Waals surface area contributed by atoms with Gasteiger partial charge in [-0.05, 0) is 36.5 Å². The zero-order chi connectivity index (χ0) is 15.6. The highest BCUT2D eigenvalue weighted by atomic mass is 32.1. The van der Waals surface area contributed by atoms with E-state index in [2.05, 4.69) is 21.8 Å². The molecule has 0 saturated carbocycles. The van der Waals surface area contributed by atoms with Gasteiger partial charge in [0.1, 0.15) is 18.1 Å². The van der Waals surface area contributed by atoms with Crippen LogP contribution in [-0.4, -0.2) is 17.9 Å². The third-order valence-electron chi connectivity index (χ3n) is 2.60. The van der Waals surface area contributed by atoms with Gasteiger partial charge >= 0.3 is 0 Å². The van der Waals surface area contributed by atoms with E-state index in [9.17, 15) is 0 Å². The van der Waals surface area contributed by atoms with Crippen molar-refractivity contribution in [3.8, 4) is 18.1 Å². The number of hydrazone groups is 1. The van der Waals surface area contributed by atoms with Crippen molar-refractivity contribution in [2.45, 2.75) is 6.54 Å². The van der Waals surface area contributed by atoms with Crippen LogP contribution in [0.1, 0.15) is 11.3 Å². The van der Waals surface area contributed by atoms with Crippen molar-refractivity contribution in [2.75, 3.05) is 6.61 Å². The van der Waals surface area contributed by atoms with E-state index in [-0.39, 0.29) is 6.61 Å². The molecule has 0 spiro atoms. The smallest absolute Gasteiger partial charge is 0.187 e. The third kappa shape index (κ3) is 4.96. The summed E-state index contributed by atoms with van der Waals surface area (Å²) in [6.07, 6.45) is 8.41. The van der Waals surface area contributed by atoms with E-state index in [4.69, 9.17) is 27.8 Å². The highest BCUT2D eigenvalue weighted by molar-refractivity contribution is 7.80. The Labute approximate surface area is 134 Å². The highest BCUT2D eigenvalue weighted by Crippen LogP contribution is 2.15. The lowest BCUT2D eigenvalue weighted by Gasteiger charge is -2.06. The summed E-state index contributed by atoms with van der Waals surface area (Å²) in [5.74, 6) is 3.89. The van der Waals surface area contributed by atoms with Crippen LogP contribution in [0, 0.1) is 12.3 Å². The van der Waals surface area contributed by atoms with E-state index in [1.165, 1.54) is 0 Å². The van der Waals surface area contributed by atoms with Crippen molar-refractivity contribution in [1.82, 2.24) is 10.7 Å². The molecule has 1 aromatic carbocycles. The Hall–Kier alpha value is -2.78. The molecule has 0 fully saturated rings. The number of terminal acetylenes is 1. The monoisotopic (exact) mass is 313 g/mol. The van der Waals surface area contributed by atoms with Gasteiger partial charge in [0, 0.05) is 5.56 Å². The average Bonchev–Trinajstić information content (AvgIpc) is 3.05. The first-order valence-electron chi connectivity index (χ1n) is 6.54. The molecule has 5 nitrogen and oxygen atoms in total. The number of rotatable bonds is 6. The summed E-state index contributed by atoms with van der Waals surface area (Å²) >= 11 is 5.11. The molecule has 0 radical (unpaired) electrons. The predicted octanol–water partition coefficient (Wildman–Crippen LogP) is 2.29. The van der Waals surface area contributed by atoms with E-state index in [1.54, 1.807) is 12.5 Å². The van der Waals surface area contributed by atoms with E-state index < -0.39 is 0 Å². The molecule has 0 amide bonds. The van der Waals surface area contributed by atoms with Crippen molar-refractivity contribution < 1.29 is 9.15 Å². The number of hydrogen-bond acceptors (Lipinski definition) is 4. The second-order valence-electron chi connectivity index (χ2n) is 4.16. The summed E-state index contributed by atoms with van der Waals surface area (Å²) in [5.41, 5.74) is 3.53. The van der Waals surface area contributed by atoms with Gasteiger partial charge in [-0.25, -0.2) is 0 Å². The van der Waals surface area contributed by atoms with Gasteiger partial charge in [-0.1, -0.05) is 18.1 Å². The van der Waals surface area contributed by atoms with Crippen LogP contribution >= 0.6 is 12.2 Å². The van der Waals surface area contributed by atoms with Crippen molar-refractivity contribution in [1.29, 1.82) is 0 Å². The Bertz CT molecular complexity index is 675.